The van der Waals surface area contributed by atoms with Crippen molar-refractivity contribution in [2.45, 2.75) is 18.8 Å². The molecule has 0 aliphatic heterocycles. The van der Waals surface area contributed by atoms with Gasteiger partial charge in [0.25, 0.3) is 5.56 Å². The van der Waals surface area contributed by atoms with Gasteiger partial charge in [0, 0.05) is 11.8 Å². The highest BCUT2D eigenvalue weighted by molar-refractivity contribution is 5.62. The molecule has 1 saturated carbocycles. The fraction of sp³-hybridized carbons (Fsp3) is 0.150. The molecule has 1 fully saturated rings. The minimum atomic E-state index is -0.596. The summed E-state index contributed by atoms with van der Waals surface area (Å²) in [6, 6.07) is 9.13. The summed E-state index contributed by atoms with van der Waals surface area (Å²) in [4.78, 5) is 31.5. The minimum absolute atomic E-state index is 0.187. The maximum Gasteiger partial charge on any atom is 0.325 e. The summed E-state index contributed by atoms with van der Waals surface area (Å²) in [5.41, 5.74) is 1.03. The van der Waals surface area contributed by atoms with Crippen molar-refractivity contribution in [3.05, 3.63) is 86.5 Å². The van der Waals surface area contributed by atoms with Gasteiger partial charge >= 0.3 is 5.69 Å². The van der Waals surface area contributed by atoms with Gasteiger partial charge in [-0.2, -0.15) is 19.3 Å². The second kappa shape index (κ2) is 7.71. The molecule has 5 rings (SSSR count). The summed E-state index contributed by atoms with van der Waals surface area (Å²) in [7, 11) is 0. The Hall–Kier alpha value is -4.13. The first-order valence-corrected chi connectivity index (χ1v) is 8.98. The Balaban J connectivity index is 0.000000204. The molecule has 1 aliphatic rings. The first-order valence-electron chi connectivity index (χ1n) is 8.98. The maximum atomic E-state index is 13.8. The average Bonchev–Trinajstić information content (AvgIpc) is 3.51. The number of hydrogen-bond acceptors (Lipinski definition) is 5. The zero-order chi connectivity index (χ0) is 21.3. The van der Waals surface area contributed by atoms with E-state index in [1.54, 1.807) is 12.1 Å². The fourth-order valence-electron chi connectivity index (χ4n) is 2.95. The molecule has 1 aromatic carbocycles. The third kappa shape index (κ3) is 3.86. The molecule has 150 valence electrons. The molecule has 30 heavy (non-hydrogen) atoms. The van der Waals surface area contributed by atoms with Crippen LogP contribution < -0.4 is 11.2 Å². The van der Waals surface area contributed by atoms with Crippen molar-refractivity contribution < 1.29 is 8.78 Å². The minimum Gasteiger partial charge on any atom is -0.313 e. The third-order valence-corrected chi connectivity index (χ3v) is 4.52. The van der Waals surface area contributed by atoms with Crippen LogP contribution in [0.2, 0.25) is 0 Å². The Bertz CT molecular complexity index is 1390. The van der Waals surface area contributed by atoms with E-state index >= 15 is 0 Å². The summed E-state index contributed by atoms with van der Waals surface area (Å²) in [6.07, 6.45) is 4.40. The predicted octanol–water partition coefficient (Wildman–Crippen LogP) is 2.49. The van der Waals surface area contributed by atoms with Crippen molar-refractivity contribution in [3.8, 4) is 17.3 Å². The Morgan fingerprint density at radius 2 is 2.00 bits per heavy atom. The molecule has 0 atom stereocenters. The molecule has 0 bridgehead atoms. The largest absolute Gasteiger partial charge is 0.325 e. The molecule has 1 aliphatic carbocycles. The van der Waals surface area contributed by atoms with Crippen LogP contribution in [0.3, 0.4) is 0 Å². The van der Waals surface area contributed by atoms with Gasteiger partial charge in [-0.1, -0.05) is 6.07 Å². The van der Waals surface area contributed by atoms with E-state index < -0.39 is 17.2 Å². The van der Waals surface area contributed by atoms with Gasteiger partial charge in [0.15, 0.2) is 5.65 Å². The zero-order valence-electron chi connectivity index (χ0n) is 15.4. The van der Waals surface area contributed by atoms with Crippen molar-refractivity contribution >= 4 is 5.65 Å². The van der Waals surface area contributed by atoms with Crippen molar-refractivity contribution in [1.29, 1.82) is 5.26 Å². The van der Waals surface area contributed by atoms with Crippen molar-refractivity contribution in [3.63, 3.8) is 0 Å². The van der Waals surface area contributed by atoms with Crippen LogP contribution in [0.1, 0.15) is 29.9 Å². The molecule has 0 radical (unpaired) electrons. The molecular weight excluding hydrogens is 394 g/mol. The van der Waals surface area contributed by atoms with Crippen molar-refractivity contribution in [1.82, 2.24) is 24.6 Å². The van der Waals surface area contributed by atoms with Gasteiger partial charge in [-0.05, 0) is 43.0 Å². The molecule has 0 spiro atoms. The number of halogens is 2. The Labute approximate surface area is 167 Å². The van der Waals surface area contributed by atoms with Gasteiger partial charge < -0.3 is 4.98 Å². The van der Waals surface area contributed by atoms with Gasteiger partial charge in [-0.3, -0.25) is 9.78 Å². The van der Waals surface area contributed by atoms with E-state index in [2.05, 4.69) is 20.1 Å². The lowest BCUT2D eigenvalue weighted by Crippen LogP contribution is -2.23. The summed E-state index contributed by atoms with van der Waals surface area (Å²) in [5, 5.41) is 12.3. The van der Waals surface area contributed by atoms with Crippen LogP contribution in [0, 0.1) is 23.1 Å². The molecule has 10 heteroatoms. The van der Waals surface area contributed by atoms with E-state index in [0.29, 0.717) is 22.8 Å². The summed E-state index contributed by atoms with van der Waals surface area (Å²) >= 11 is 0. The first-order chi connectivity index (χ1) is 14.5. The normalized spacial score (nSPS) is 12.8. The highest BCUT2D eigenvalue weighted by Gasteiger charge is 2.28. The Morgan fingerprint density at radius 1 is 1.20 bits per heavy atom. The van der Waals surface area contributed by atoms with Crippen LogP contribution in [0.25, 0.3) is 16.9 Å². The van der Waals surface area contributed by atoms with Crippen LogP contribution in [0.5, 0.6) is 0 Å². The van der Waals surface area contributed by atoms with E-state index in [1.165, 1.54) is 24.4 Å². The van der Waals surface area contributed by atoms with Crippen molar-refractivity contribution in [2.24, 2.45) is 0 Å². The van der Waals surface area contributed by atoms with Crippen LogP contribution in [-0.2, 0) is 0 Å². The van der Waals surface area contributed by atoms with Gasteiger partial charge in [-0.25, -0.2) is 14.2 Å². The van der Waals surface area contributed by atoms with E-state index in [4.69, 9.17) is 5.26 Å². The van der Waals surface area contributed by atoms with Gasteiger partial charge in [0.1, 0.15) is 5.82 Å². The lowest BCUT2D eigenvalue weighted by molar-refractivity contribution is 0.549. The number of aromatic amines is 2. The van der Waals surface area contributed by atoms with Crippen LogP contribution in [0.15, 0.2) is 52.3 Å². The van der Waals surface area contributed by atoms with Crippen LogP contribution >= 0.6 is 0 Å². The number of imidazole rings is 1. The van der Waals surface area contributed by atoms with E-state index in [0.717, 1.165) is 29.1 Å². The molecule has 3 heterocycles. The standard InChI is InChI=1S/C13H10FN5O2.C7H4FN/c14-10-5-15-11-7(6-1-2-6)3-9(18-19(10)11)8-4-16-13(21)17-12(8)20;8-7-3-1-2-6(4-7)5-9/h3-6H,1-2H2,(H2,16,17,20,21);1-4H. The molecule has 8 nitrogen and oxygen atoms in total. The topological polar surface area (TPSA) is 120 Å². The number of nitriles is 1. The highest BCUT2D eigenvalue weighted by Crippen LogP contribution is 2.42. The lowest BCUT2D eigenvalue weighted by atomic mass is 10.1. The lowest BCUT2D eigenvalue weighted by Gasteiger charge is -2.06. The zero-order valence-corrected chi connectivity index (χ0v) is 15.4. The number of fused-ring (bicyclic) bond motifs is 1. The first kappa shape index (κ1) is 19.2. The van der Waals surface area contributed by atoms with Crippen LogP contribution in [-0.4, -0.2) is 24.6 Å². The van der Waals surface area contributed by atoms with E-state index in [1.807, 2.05) is 6.07 Å². The average molecular weight is 408 g/mol. The number of hydrogen-bond donors (Lipinski definition) is 2. The number of rotatable bonds is 2. The summed E-state index contributed by atoms with van der Waals surface area (Å²) < 4.78 is 27.1. The predicted molar refractivity (Wildman–Crippen MR) is 103 cm³/mol. The number of nitrogens with one attached hydrogen (secondary N) is 2. The number of H-pyrrole nitrogens is 2. The number of benzene rings is 1. The molecule has 3 aromatic heterocycles. The molecule has 2 N–H and O–H groups in total. The molecule has 4 aromatic rings. The molecular formula is C20H14F2N6O2. The third-order valence-electron chi connectivity index (χ3n) is 4.52. The monoisotopic (exact) mass is 408 g/mol. The van der Waals surface area contributed by atoms with Gasteiger partial charge in [0.05, 0.1) is 29.1 Å². The van der Waals surface area contributed by atoms with E-state index in [9.17, 15) is 18.4 Å². The highest BCUT2D eigenvalue weighted by atomic mass is 19.1. The molecule has 0 unspecified atom stereocenters. The second-order valence-electron chi connectivity index (χ2n) is 6.68. The van der Waals surface area contributed by atoms with E-state index in [-0.39, 0.29) is 11.4 Å². The van der Waals surface area contributed by atoms with Gasteiger partial charge in [-0.15, -0.1) is 0 Å². The Morgan fingerprint density at radius 3 is 2.63 bits per heavy atom. The summed E-state index contributed by atoms with van der Waals surface area (Å²) in [5.74, 6) is -0.637. The van der Waals surface area contributed by atoms with Gasteiger partial charge in [0.2, 0.25) is 5.95 Å². The number of aromatic nitrogens is 5. The molecule has 0 saturated heterocycles. The Kier molecular flexibility index (Phi) is 4.93. The summed E-state index contributed by atoms with van der Waals surface area (Å²) in [6.45, 7) is 0. The molecule has 0 amide bonds. The maximum absolute atomic E-state index is 13.8. The SMILES string of the molecule is N#Cc1cccc(F)c1.O=c1[nH]cc(-c2cc(C3CC3)c3ncc(F)n3n2)c(=O)[nH]1. The second-order valence-corrected chi connectivity index (χ2v) is 6.68. The van der Waals surface area contributed by atoms with Crippen molar-refractivity contribution in [2.75, 3.05) is 0 Å². The van der Waals surface area contributed by atoms with Crippen LogP contribution in [0.4, 0.5) is 8.78 Å². The fourth-order valence-corrected chi connectivity index (χ4v) is 2.95. The quantitative estimate of drug-likeness (QED) is 0.528. The number of nitrogens with zero attached hydrogens (tertiary/aromatic N) is 4. The smallest absolute Gasteiger partial charge is 0.313 e.